The fourth-order valence-electron chi connectivity index (χ4n) is 1.03. The van der Waals surface area contributed by atoms with Gasteiger partial charge in [0.05, 0.1) is 5.69 Å². The van der Waals surface area contributed by atoms with Crippen LogP contribution in [0.15, 0.2) is 28.1 Å². The highest BCUT2D eigenvalue weighted by molar-refractivity contribution is 7.98. The summed E-state index contributed by atoms with van der Waals surface area (Å²) in [5.74, 6) is 0. The van der Waals surface area contributed by atoms with E-state index in [1.54, 1.807) is 11.8 Å². The van der Waals surface area contributed by atoms with Gasteiger partial charge in [-0.3, -0.25) is 4.99 Å². The van der Waals surface area contributed by atoms with Crippen LogP contribution in [0.3, 0.4) is 0 Å². The molecule has 1 aromatic carbocycles. The lowest BCUT2D eigenvalue weighted by atomic mass is 10.2. The van der Waals surface area contributed by atoms with Crippen molar-refractivity contribution >= 4 is 23.7 Å². The molecule has 2 heteroatoms. The molecule has 0 atom stereocenters. The van der Waals surface area contributed by atoms with Gasteiger partial charge in [0.15, 0.2) is 0 Å². The molecule has 0 heterocycles. The van der Waals surface area contributed by atoms with E-state index < -0.39 is 0 Å². The van der Waals surface area contributed by atoms with Gasteiger partial charge in [-0.2, -0.15) is 0 Å². The Labute approximate surface area is 77.9 Å². The van der Waals surface area contributed by atoms with Crippen molar-refractivity contribution in [3.63, 3.8) is 0 Å². The third kappa shape index (κ3) is 2.11. The van der Waals surface area contributed by atoms with Crippen LogP contribution in [0, 0.1) is 6.92 Å². The molecule has 12 heavy (non-hydrogen) atoms. The molecule has 0 bridgehead atoms. The Morgan fingerprint density at radius 3 is 2.75 bits per heavy atom. The lowest BCUT2D eigenvalue weighted by Crippen LogP contribution is -1.76. The summed E-state index contributed by atoms with van der Waals surface area (Å²) < 4.78 is 0. The molecule has 0 amide bonds. The van der Waals surface area contributed by atoms with E-state index >= 15 is 0 Å². The van der Waals surface area contributed by atoms with Crippen LogP contribution in [0.25, 0.3) is 0 Å². The van der Waals surface area contributed by atoms with Crippen molar-refractivity contribution in [2.45, 2.75) is 18.7 Å². The van der Waals surface area contributed by atoms with Crippen LogP contribution in [0.4, 0.5) is 5.69 Å². The van der Waals surface area contributed by atoms with Gasteiger partial charge < -0.3 is 0 Å². The van der Waals surface area contributed by atoms with E-state index in [-0.39, 0.29) is 0 Å². The topological polar surface area (TPSA) is 12.4 Å². The third-order valence-electron chi connectivity index (χ3n) is 1.60. The van der Waals surface area contributed by atoms with E-state index in [0.29, 0.717) is 0 Å². The average Bonchev–Trinajstić information content (AvgIpc) is 2.08. The van der Waals surface area contributed by atoms with Crippen molar-refractivity contribution in [2.75, 3.05) is 6.26 Å². The van der Waals surface area contributed by atoms with Crippen molar-refractivity contribution in [3.05, 3.63) is 23.8 Å². The number of aliphatic imine (C=N–C) groups is 1. The molecule has 0 aromatic heterocycles. The minimum absolute atomic E-state index is 1.07. The first-order valence-corrected chi connectivity index (χ1v) is 5.13. The first-order valence-electron chi connectivity index (χ1n) is 3.91. The van der Waals surface area contributed by atoms with E-state index in [4.69, 9.17) is 0 Å². The maximum atomic E-state index is 4.27. The second-order valence-corrected chi connectivity index (χ2v) is 3.41. The zero-order valence-corrected chi connectivity index (χ0v) is 8.48. The van der Waals surface area contributed by atoms with E-state index in [1.807, 2.05) is 13.1 Å². The van der Waals surface area contributed by atoms with Gasteiger partial charge in [0.1, 0.15) is 0 Å². The van der Waals surface area contributed by atoms with Crippen LogP contribution in [-0.4, -0.2) is 12.5 Å². The lowest BCUT2D eigenvalue weighted by molar-refractivity contribution is 1.32. The summed E-state index contributed by atoms with van der Waals surface area (Å²) in [4.78, 5) is 5.52. The Morgan fingerprint density at radius 1 is 1.42 bits per heavy atom. The smallest absolute Gasteiger partial charge is 0.0761 e. The van der Waals surface area contributed by atoms with Gasteiger partial charge in [-0.05, 0) is 37.8 Å². The molecule has 0 N–H and O–H groups in total. The van der Waals surface area contributed by atoms with Crippen LogP contribution in [0.1, 0.15) is 12.5 Å². The van der Waals surface area contributed by atoms with E-state index in [0.717, 1.165) is 5.69 Å². The molecular formula is C10H13NS. The molecule has 0 spiro atoms. The number of nitrogens with zero attached hydrogens (tertiary/aromatic N) is 1. The summed E-state index contributed by atoms with van der Waals surface area (Å²) in [5, 5.41) is 0. The van der Waals surface area contributed by atoms with E-state index in [1.165, 1.54) is 10.5 Å². The summed E-state index contributed by atoms with van der Waals surface area (Å²) in [6.07, 6.45) is 3.90. The van der Waals surface area contributed by atoms with E-state index in [2.05, 4.69) is 36.4 Å². The van der Waals surface area contributed by atoms with Gasteiger partial charge in [0, 0.05) is 11.1 Å². The minimum Gasteiger partial charge on any atom is -0.260 e. The summed E-state index contributed by atoms with van der Waals surface area (Å²) in [7, 11) is 0. The Kier molecular flexibility index (Phi) is 3.35. The van der Waals surface area contributed by atoms with Gasteiger partial charge in [-0.25, -0.2) is 0 Å². The summed E-state index contributed by atoms with van der Waals surface area (Å²) >= 11 is 1.74. The third-order valence-corrected chi connectivity index (χ3v) is 2.37. The Hall–Kier alpha value is -0.760. The van der Waals surface area contributed by atoms with Gasteiger partial charge in [0.25, 0.3) is 0 Å². The highest BCUT2D eigenvalue weighted by Crippen LogP contribution is 2.28. The molecule has 0 unspecified atom stereocenters. The fourth-order valence-corrected chi connectivity index (χ4v) is 1.66. The fraction of sp³-hybridized carbons (Fsp3) is 0.300. The molecule has 0 saturated heterocycles. The van der Waals surface area contributed by atoms with Crippen LogP contribution in [-0.2, 0) is 0 Å². The van der Waals surface area contributed by atoms with Crippen LogP contribution < -0.4 is 0 Å². The molecule has 0 radical (unpaired) electrons. The zero-order valence-electron chi connectivity index (χ0n) is 7.66. The number of aryl methyl sites for hydroxylation is 1. The largest absolute Gasteiger partial charge is 0.260 e. The Balaban J connectivity index is 3.10. The predicted octanol–water partition coefficient (Wildman–Crippen LogP) is 3.44. The van der Waals surface area contributed by atoms with Crippen molar-refractivity contribution in [1.29, 1.82) is 0 Å². The zero-order chi connectivity index (χ0) is 8.97. The molecule has 0 aliphatic rings. The molecule has 0 aliphatic carbocycles. The average molecular weight is 179 g/mol. The first-order chi connectivity index (χ1) is 5.77. The molecule has 0 fully saturated rings. The highest BCUT2D eigenvalue weighted by Gasteiger charge is 1.97. The Bertz CT molecular complexity index is 292. The van der Waals surface area contributed by atoms with Crippen molar-refractivity contribution in [2.24, 2.45) is 4.99 Å². The maximum Gasteiger partial charge on any atom is 0.0761 e. The lowest BCUT2D eigenvalue weighted by Gasteiger charge is -2.02. The molecule has 1 rings (SSSR count). The number of thioether (sulfide) groups is 1. The van der Waals surface area contributed by atoms with Gasteiger partial charge in [0.2, 0.25) is 0 Å². The summed E-state index contributed by atoms with van der Waals surface area (Å²) in [5.41, 5.74) is 2.35. The van der Waals surface area contributed by atoms with Crippen LogP contribution in [0.2, 0.25) is 0 Å². The molecule has 0 aliphatic heterocycles. The van der Waals surface area contributed by atoms with Gasteiger partial charge >= 0.3 is 0 Å². The van der Waals surface area contributed by atoms with Crippen molar-refractivity contribution < 1.29 is 0 Å². The molecule has 1 aromatic rings. The number of benzene rings is 1. The molecule has 64 valence electrons. The van der Waals surface area contributed by atoms with Crippen LogP contribution >= 0.6 is 11.8 Å². The Morgan fingerprint density at radius 2 is 2.17 bits per heavy atom. The van der Waals surface area contributed by atoms with Crippen molar-refractivity contribution in [1.82, 2.24) is 0 Å². The number of hydrogen-bond acceptors (Lipinski definition) is 2. The number of hydrogen-bond donors (Lipinski definition) is 0. The standard InChI is InChI=1S/C10H13NS/c1-4-11-9-6-5-8(2)7-10(9)12-3/h4-7H,1-3H3. The molecular weight excluding hydrogens is 166 g/mol. The second-order valence-electron chi connectivity index (χ2n) is 2.56. The second kappa shape index (κ2) is 4.31. The van der Waals surface area contributed by atoms with Crippen molar-refractivity contribution in [3.8, 4) is 0 Å². The van der Waals surface area contributed by atoms with Gasteiger partial charge in [-0.15, -0.1) is 11.8 Å². The number of rotatable bonds is 2. The predicted molar refractivity (Wildman–Crippen MR) is 56.8 cm³/mol. The normalized spacial score (nSPS) is 10.9. The van der Waals surface area contributed by atoms with Gasteiger partial charge in [-0.1, -0.05) is 6.07 Å². The monoisotopic (exact) mass is 179 g/mol. The first kappa shape index (κ1) is 9.33. The maximum absolute atomic E-state index is 4.27. The summed E-state index contributed by atoms with van der Waals surface area (Å²) in [6, 6.07) is 6.30. The minimum atomic E-state index is 1.07. The molecule has 1 nitrogen and oxygen atoms in total. The van der Waals surface area contributed by atoms with E-state index in [9.17, 15) is 0 Å². The quantitative estimate of drug-likeness (QED) is 0.500. The molecule has 0 saturated carbocycles. The van der Waals surface area contributed by atoms with Crippen LogP contribution in [0.5, 0.6) is 0 Å². The summed E-state index contributed by atoms with van der Waals surface area (Å²) in [6.45, 7) is 4.03. The SMILES string of the molecule is CC=Nc1ccc(C)cc1SC. The highest BCUT2D eigenvalue weighted by atomic mass is 32.2.